The van der Waals surface area contributed by atoms with Gasteiger partial charge in [0.15, 0.2) is 12.4 Å². The molecule has 1 aliphatic carbocycles. The zero-order valence-electron chi connectivity index (χ0n) is 13.2. The minimum Gasteiger partial charge on any atom is -0.459 e. The van der Waals surface area contributed by atoms with Crippen molar-refractivity contribution in [3.63, 3.8) is 0 Å². The van der Waals surface area contributed by atoms with Gasteiger partial charge in [0.25, 0.3) is 11.8 Å². The molecule has 2 amide bonds. The van der Waals surface area contributed by atoms with E-state index in [1.165, 1.54) is 18.8 Å². The topological polar surface area (TPSA) is 97.6 Å². The van der Waals surface area contributed by atoms with Crippen LogP contribution in [0.25, 0.3) is 0 Å². The van der Waals surface area contributed by atoms with Gasteiger partial charge in [-0.2, -0.15) is 0 Å². The number of ether oxygens (including phenoxy) is 1. The summed E-state index contributed by atoms with van der Waals surface area (Å²) >= 11 is 0. The molecule has 1 aromatic rings. The molecule has 0 saturated heterocycles. The highest BCUT2D eigenvalue weighted by atomic mass is 16.5. The standard InChI is InChI=1S/C16H22N2O5/c1-11-5-2-3-6-12(11)18-14(19)10-23-15(20)9-17-16(21)13-7-4-8-22-13/h4,7-8,11-12H,2-3,5-6,9-10H2,1H3,(H,17,21)(H,18,19)/t11-,12-/m1/s1. The van der Waals surface area contributed by atoms with Crippen molar-refractivity contribution in [2.45, 2.75) is 38.6 Å². The lowest BCUT2D eigenvalue weighted by Crippen LogP contribution is -2.43. The summed E-state index contributed by atoms with van der Waals surface area (Å²) in [7, 11) is 0. The summed E-state index contributed by atoms with van der Waals surface area (Å²) in [5, 5.41) is 5.25. The van der Waals surface area contributed by atoms with Crippen LogP contribution in [0, 0.1) is 5.92 Å². The van der Waals surface area contributed by atoms with Crippen LogP contribution in [0.3, 0.4) is 0 Å². The molecule has 2 rings (SSSR count). The summed E-state index contributed by atoms with van der Waals surface area (Å²) in [6, 6.07) is 3.21. The summed E-state index contributed by atoms with van der Waals surface area (Å²) in [5.41, 5.74) is 0. The van der Waals surface area contributed by atoms with E-state index in [4.69, 9.17) is 9.15 Å². The SMILES string of the molecule is C[C@@H]1CCCC[C@H]1NC(=O)COC(=O)CNC(=O)c1ccco1. The first-order valence-corrected chi connectivity index (χ1v) is 7.83. The molecule has 0 unspecified atom stereocenters. The molecule has 0 aliphatic heterocycles. The van der Waals surface area contributed by atoms with E-state index in [0.717, 1.165) is 19.3 Å². The summed E-state index contributed by atoms with van der Waals surface area (Å²) in [4.78, 5) is 34.9. The zero-order chi connectivity index (χ0) is 16.7. The number of carbonyl (C=O) groups excluding carboxylic acids is 3. The Balaban J connectivity index is 1.63. The van der Waals surface area contributed by atoms with Crippen molar-refractivity contribution in [3.8, 4) is 0 Å². The molecule has 0 spiro atoms. The van der Waals surface area contributed by atoms with Crippen molar-refractivity contribution in [1.29, 1.82) is 0 Å². The molecule has 1 saturated carbocycles. The van der Waals surface area contributed by atoms with Crippen LogP contribution in [0.4, 0.5) is 0 Å². The number of hydrogen-bond acceptors (Lipinski definition) is 5. The number of esters is 1. The lowest BCUT2D eigenvalue weighted by Gasteiger charge is -2.29. The third-order valence-electron chi connectivity index (χ3n) is 3.96. The Labute approximate surface area is 134 Å². The number of hydrogen-bond donors (Lipinski definition) is 2. The highest BCUT2D eigenvalue weighted by Crippen LogP contribution is 2.23. The first-order valence-electron chi connectivity index (χ1n) is 7.83. The maximum absolute atomic E-state index is 11.8. The normalized spacial score (nSPS) is 20.6. The number of amides is 2. The van der Waals surface area contributed by atoms with Crippen molar-refractivity contribution in [3.05, 3.63) is 24.2 Å². The van der Waals surface area contributed by atoms with E-state index in [-0.39, 0.29) is 30.9 Å². The zero-order valence-corrected chi connectivity index (χ0v) is 13.2. The molecule has 7 nitrogen and oxygen atoms in total. The molecule has 0 bridgehead atoms. The molecular formula is C16H22N2O5. The molecule has 126 valence electrons. The van der Waals surface area contributed by atoms with E-state index in [9.17, 15) is 14.4 Å². The van der Waals surface area contributed by atoms with Gasteiger partial charge in [-0.1, -0.05) is 19.8 Å². The third kappa shape index (κ3) is 5.43. The van der Waals surface area contributed by atoms with Crippen LogP contribution < -0.4 is 10.6 Å². The minimum atomic E-state index is -0.670. The maximum atomic E-state index is 11.8. The largest absolute Gasteiger partial charge is 0.459 e. The van der Waals surface area contributed by atoms with Gasteiger partial charge in [0.1, 0.15) is 6.54 Å². The van der Waals surface area contributed by atoms with Crippen molar-refractivity contribution in [1.82, 2.24) is 10.6 Å². The van der Waals surface area contributed by atoms with Crippen molar-refractivity contribution < 1.29 is 23.5 Å². The molecule has 7 heteroatoms. The van der Waals surface area contributed by atoms with Crippen LogP contribution in [0.2, 0.25) is 0 Å². The predicted octanol–water partition coefficient (Wildman–Crippen LogP) is 1.25. The molecule has 0 radical (unpaired) electrons. The van der Waals surface area contributed by atoms with E-state index in [0.29, 0.717) is 5.92 Å². The highest BCUT2D eigenvalue weighted by Gasteiger charge is 2.23. The van der Waals surface area contributed by atoms with Gasteiger partial charge < -0.3 is 19.8 Å². The van der Waals surface area contributed by atoms with Gasteiger partial charge in [-0.05, 0) is 30.9 Å². The summed E-state index contributed by atoms with van der Waals surface area (Å²) in [6.07, 6.45) is 5.72. The summed E-state index contributed by atoms with van der Waals surface area (Å²) in [5.74, 6) is -0.934. The van der Waals surface area contributed by atoms with Gasteiger partial charge in [0.05, 0.1) is 6.26 Å². The quantitative estimate of drug-likeness (QED) is 0.768. The third-order valence-corrected chi connectivity index (χ3v) is 3.96. The second-order valence-electron chi connectivity index (χ2n) is 5.76. The Hall–Kier alpha value is -2.31. The average molecular weight is 322 g/mol. The number of carbonyl (C=O) groups is 3. The van der Waals surface area contributed by atoms with E-state index in [2.05, 4.69) is 17.6 Å². The molecular weight excluding hydrogens is 300 g/mol. The van der Waals surface area contributed by atoms with Gasteiger partial charge in [-0.15, -0.1) is 0 Å². The van der Waals surface area contributed by atoms with Crippen LogP contribution in [0.5, 0.6) is 0 Å². The van der Waals surface area contributed by atoms with Crippen LogP contribution in [0.15, 0.2) is 22.8 Å². The van der Waals surface area contributed by atoms with Gasteiger partial charge in [0, 0.05) is 6.04 Å². The minimum absolute atomic E-state index is 0.113. The fourth-order valence-electron chi connectivity index (χ4n) is 2.62. The van der Waals surface area contributed by atoms with Crippen molar-refractivity contribution in [2.75, 3.05) is 13.2 Å². The van der Waals surface area contributed by atoms with E-state index in [1.54, 1.807) is 6.07 Å². The lowest BCUT2D eigenvalue weighted by atomic mass is 9.86. The smallest absolute Gasteiger partial charge is 0.325 e. The molecule has 1 aliphatic rings. The van der Waals surface area contributed by atoms with Crippen molar-refractivity contribution in [2.24, 2.45) is 5.92 Å². The molecule has 2 atom stereocenters. The van der Waals surface area contributed by atoms with E-state index < -0.39 is 11.9 Å². The Morgan fingerprint density at radius 1 is 1.30 bits per heavy atom. The van der Waals surface area contributed by atoms with Crippen LogP contribution in [-0.2, 0) is 14.3 Å². The average Bonchev–Trinajstić information content (AvgIpc) is 3.07. The molecule has 0 aromatic carbocycles. The second-order valence-corrected chi connectivity index (χ2v) is 5.76. The first kappa shape index (κ1) is 17.1. The Kier molecular flexibility index (Phi) is 6.19. The molecule has 2 N–H and O–H groups in total. The number of rotatable bonds is 6. The number of nitrogens with one attached hydrogen (secondary N) is 2. The molecule has 1 fully saturated rings. The Bertz CT molecular complexity index is 541. The molecule has 23 heavy (non-hydrogen) atoms. The monoisotopic (exact) mass is 322 g/mol. The van der Waals surface area contributed by atoms with Gasteiger partial charge in [0.2, 0.25) is 0 Å². The lowest BCUT2D eigenvalue weighted by molar-refractivity contribution is -0.147. The predicted molar refractivity (Wildman–Crippen MR) is 81.6 cm³/mol. The molecule has 1 aromatic heterocycles. The van der Waals surface area contributed by atoms with Crippen molar-refractivity contribution >= 4 is 17.8 Å². The Morgan fingerprint density at radius 3 is 2.78 bits per heavy atom. The summed E-state index contributed by atoms with van der Waals surface area (Å²) in [6.45, 7) is 1.46. The van der Waals surface area contributed by atoms with E-state index >= 15 is 0 Å². The van der Waals surface area contributed by atoms with Gasteiger partial charge in [-0.3, -0.25) is 14.4 Å². The van der Waals surface area contributed by atoms with Crippen LogP contribution in [0.1, 0.15) is 43.2 Å². The van der Waals surface area contributed by atoms with Gasteiger partial charge >= 0.3 is 5.97 Å². The summed E-state index contributed by atoms with van der Waals surface area (Å²) < 4.78 is 9.74. The highest BCUT2D eigenvalue weighted by molar-refractivity contribution is 5.93. The maximum Gasteiger partial charge on any atom is 0.325 e. The fourth-order valence-corrected chi connectivity index (χ4v) is 2.62. The van der Waals surface area contributed by atoms with Crippen LogP contribution >= 0.6 is 0 Å². The fraction of sp³-hybridized carbons (Fsp3) is 0.562. The number of furan rings is 1. The molecule has 1 heterocycles. The van der Waals surface area contributed by atoms with Gasteiger partial charge in [-0.25, -0.2) is 0 Å². The second kappa shape index (κ2) is 8.36. The Morgan fingerprint density at radius 2 is 2.09 bits per heavy atom. The van der Waals surface area contributed by atoms with E-state index in [1.807, 2.05) is 0 Å². The first-order chi connectivity index (χ1) is 11.1. The van der Waals surface area contributed by atoms with Crippen LogP contribution in [-0.4, -0.2) is 37.0 Å².